The molecular formula is C19H24N4O. The fourth-order valence-electron chi connectivity index (χ4n) is 4.13. The number of benzene rings is 1. The van der Waals surface area contributed by atoms with Crippen molar-refractivity contribution >= 4 is 5.91 Å². The number of para-hydroxylation sites is 1. The third-order valence-corrected chi connectivity index (χ3v) is 5.55. The Morgan fingerprint density at radius 2 is 2.04 bits per heavy atom. The molecule has 0 bridgehead atoms. The summed E-state index contributed by atoms with van der Waals surface area (Å²) in [5.41, 5.74) is 8.29. The van der Waals surface area contributed by atoms with Gasteiger partial charge >= 0.3 is 0 Å². The maximum absolute atomic E-state index is 12.5. The van der Waals surface area contributed by atoms with Gasteiger partial charge in [0, 0.05) is 31.7 Å². The average Bonchev–Trinajstić information content (AvgIpc) is 3.31. The van der Waals surface area contributed by atoms with Crippen molar-refractivity contribution in [2.24, 2.45) is 17.6 Å². The van der Waals surface area contributed by atoms with Crippen LogP contribution in [0.4, 0.5) is 0 Å². The van der Waals surface area contributed by atoms with Crippen LogP contribution in [0.2, 0.25) is 0 Å². The Hall–Kier alpha value is -2.14. The van der Waals surface area contributed by atoms with Gasteiger partial charge in [-0.15, -0.1) is 0 Å². The van der Waals surface area contributed by atoms with E-state index < -0.39 is 0 Å². The minimum Gasteiger partial charge on any atom is -0.342 e. The maximum atomic E-state index is 12.5. The molecule has 1 aliphatic heterocycles. The van der Waals surface area contributed by atoms with Crippen LogP contribution in [0.3, 0.4) is 0 Å². The van der Waals surface area contributed by atoms with Gasteiger partial charge in [-0.3, -0.25) is 4.79 Å². The fraction of sp³-hybridized carbons (Fsp3) is 0.474. The van der Waals surface area contributed by atoms with Crippen molar-refractivity contribution in [3.8, 4) is 5.69 Å². The summed E-state index contributed by atoms with van der Waals surface area (Å²) in [6.45, 7) is 1.76. The number of carbonyl (C=O) groups excluding carboxylic acids is 1. The predicted molar refractivity (Wildman–Crippen MR) is 92.7 cm³/mol. The number of aromatic nitrogens is 2. The van der Waals surface area contributed by atoms with Crippen molar-refractivity contribution in [1.29, 1.82) is 0 Å². The molecule has 1 aromatic carbocycles. The van der Waals surface area contributed by atoms with Crippen LogP contribution in [0.25, 0.3) is 5.69 Å². The molecule has 1 saturated carbocycles. The zero-order chi connectivity index (χ0) is 16.5. The second-order valence-corrected chi connectivity index (χ2v) is 7.09. The molecule has 1 amide bonds. The number of rotatable bonds is 4. The first kappa shape index (κ1) is 15.4. The van der Waals surface area contributed by atoms with Gasteiger partial charge in [-0.05, 0) is 48.8 Å². The van der Waals surface area contributed by atoms with Gasteiger partial charge in [0.15, 0.2) is 0 Å². The number of nitrogens with zero attached hydrogens (tertiary/aromatic N) is 3. The van der Waals surface area contributed by atoms with E-state index in [0.717, 1.165) is 37.2 Å². The second kappa shape index (κ2) is 6.40. The molecule has 1 saturated heterocycles. The van der Waals surface area contributed by atoms with E-state index in [9.17, 15) is 4.79 Å². The Morgan fingerprint density at radius 3 is 2.83 bits per heavy atom. The van der Waals surface area contributed by atoms with Gasteiger partial charge in [0.1, 0.15) is 0 Å². The van der Waals surface area contributed by atoms with Crippen LogP contribution >= 0.6 is 0 Å². The first-order valence-corrected chi connectivity index (χ1v) is 8.83. The molecule has 3 atom stereocenters. The number of hydrogen-bond donors (Lipinski definition) is 1. The third kappa shape index (κ3) is 2.96. The average molecular weight is 324 g/mol. The van der Waals surface area contributed by atoms with Gasteiger partial charge in [-0.25, -0.2) is 4.68 Å². The van der Waals surface area contributed by atoms with Gasteiger partial charge in [0.25, 0.3) is 0 Å². The summed E-state index contributed by atoms with van der Waals surface area (Å²) in [5.74, 6) is 1.41. The predicted octanol–water partition coefficient (Wildman–Crippen LogP) is 2.00. The van der Waals surface area contributed by atoms with Crippen LogP contribution in [-0.2, 0) is 11.2 Å². The smallest absolute Gasteiger partial charge is 0.222 e. The van der Waals surface area contributed by atoms with Gasteiger partial charge in [0.05, 0.1) is 11.9 Å². The molecule has 0 spiro atoms. The Balaban J connectivity index is 1.33. The monoisotopic (exact) mass is 324 g/mol. The van der Waals surface area contributed by atoms with Crippen molar-refractivity contribution in [1.82, 2.24) is 14.7 Å². The Morgan fingerprint density at radius 1 is 1.21 bits per heavy atom. The van der Waals surface area contributed by atoms with E-state index in [0.29, 0.717) is 18.3 Å². The van der Waals surface area contributed by atoms with E-state index in [1.165, 1.54) is 6.42 Å². The summed E-state index contributed by atoms with van der Waals surface area (Å²) < 4.78 is 1.86. The number of nitrogens with two attached hydrogens (primary N) is 1. The Labute approximate surface area is 142 Å². The van der Waals surface area contributed by atoms with Gasteiger partial charge < -0.3 is 10.6 Å². The van der Waals surface area contributed by atoms with E-state index in [-0.39, 0.29) is 11.9 Å². The highest BCUT2D eigenvalue weighted by Gasteiger charge is 2.42. The number of amides is 1. The van der Waals surface area contributed by atoms with Crippen molar-refractivity contribution in [3.63, 3.8) is 0 Å². The molecule has 5 heteroatoms. The first-order chi connectivity index (χ1) is 11.7. The number of fused-ring (bicyclic) bond motifs is 1. The highest BCUT2D eigenvalue weighted by atomic mass is 16.2. The van der Waals surface area contributed by atoms with Crippen LogP contribution in [0, 0.1) is 11.8 Å². The van der Waals surface area contributed by atoms with Gasteiger partial charge in [0.2, 0.25) is 5.91 Å². The first-order valence-electron chi connectivity index (χ1n) is 8.83. The molecule has 0 radical (unpaired) electrons. The molecular weight excluding hydrogens is 300 g/mol. The summed E-state index contributed by atoms with van der Waals surface area (Å²) in [6, 6.07) is 10.3. The lowest BCUT2D eigenvalue weighted by Crippen LogP contribution is -2.33. The molecule has 1 aliphatic carbocycles. The summed E-state index contributed by atoms with van der Waals surface area (Å²) in [7, 11) is 0. The molecule has 126 valence electrons. The summed E-state index contributed by atoms with van der Waals surface area (Å²) in [4.78, 5) is 14.5. The lowest BCUT2D eigenvalue weighted by molar-refractivity contribution is -0.130. The van der Waals surface area contributed by atoms with Crippen molar-refractivity contribution < 1.29 is 4.79 Å². The largest absolute Gasteiger partial charge is 0.342 e. The topological polar surface area (TPSA) is 64.2 Å². The number of aryl methyl sites for hydroxylation is 1. The quantitative estimate of drug-likeness (QED) is 0.935. The summed E-state index contributed by atoms with van der Waals surface area (Å²) in [6.07, 6.45) is 7.46. The third-order valence-electron chi connectivity index (χ3n) is 5.55. The van der Waals surface area contributed by atoms with Crippen molar-refractivity contribution in [3.05, 3.63) is 48.3 Å². The fourth-order valence-corrected chi connectivity index (χ4v) is 4.13. The maximum Gasteiger partial charge on any atom is 0.222 e. The molecule has 2 aliphatic rings. The zero-order valence-electron chi connectivity index (χ0n) is 13.8. The molecule has 2 N–H and O–H groups in total. The minimum absolute atomic E-state index is 0.254. The SMILES string of the molecule is NC1CCC2CN(C(=O)CCc3cnn(-c4ccccc4)c3)CC12. The van der Waals surface area contributed by atoms with Crippen molar-refractivity contribution in [2.45, 2.75) is 31.7 Å². The molecule has 2 fully saturated rings. The van der Waals surface area contributed by atoms with E-state index in [2.05, 4.69) is 5.10 Å². The lowest BCUT2D eigenvalue weighted by atomic mass is 9.98. The highest BCUT2D eigenvalue weighted by Crippen LogP contribution is 2.37. The van der Waals surface area contributed by atoms with E-state index in [1.807, 2.05) is 52.3 Å². The van der Waals surface area contributed by atoms with E-state index >= 15 is 0 Å². The molecule has 2 heterocycles. The van der Waals surface area contributed by atoms with Crippen molar-refractivity contribution in [2.75, 3.05) is 13.1 Å². The highest BCUT2D eigenvalue weighted by molar-refractivity contribution is 5.76. The van der Waals surface area contributed by atoms with Gasteiger partial charge in [-0.1, -0.05) is 18.2 Å². The molecule has 5 nitrogen and oxygen atoms in total. The van der Waals surface area contributed by atoms with Crippen LogP contribution in [0.1, 0.15) is 24.8 Å². The van der Waals surface area contributed by atoms with Crippen LogP contribution in [-0.4, -0.2) is 39.7 Å². The molecule has 3 unspecified atom stereocenters. The molecule has 24 heavy (non-hydrogen) atoms. The Bertz CT molecular complexity index is 711. The lowest BCUT2D eigenvalue weighted by Gasteiger charge is -2.18. The normalized spacial score (nSPS) is 25.9. The Kier molecular flexibility index (Phi) is 4.10. The minimum atomic E-state index is 0.254. The van der Waals surface area contributed by atoms with E-state index in [4.69, 9.17) is 5.73 Å². The number of likely N-dealkylation sites (tertiary alicyclic amines) is 1. The molecule has 1 aromatic heterocycles. The molecule has 2 aromatic rings. The van der Waals surface area contributed by atoms with Crippen LogP contribution in [0.5, 0.6) is 0 Å². The standard InChI is InChI=1S/C19H24N4O/c20-18-8-7-15-12-22(13-17(15)18)19(24)9-6-14-10-21-23(11-14)16-4-2-1-3-5-16/h1-5,10-11,15,17-18H,6-9,12-13,20H2. The summed E-state index contributed by atoms with van der Waals surface area (Å²) in [5, 5.41) is 4.39. The zero-order valence-corrected chi connectivity index (χ0v) is 13.8. The van der Waals surface area contributed by atoms with Gasteiger partial charge in [-0.2, -0.15) is 5.10 Å². The summed E-state index contributed by atoms with van der Waals surface area (Å²) >= 11 is 0. The number of hydrogen-bond acceptors (Lipinski definition) is 3. The van der Waals surface area contributed by atoms with Crippen LogP contribution < -0.4 is 5.73 Å². The van der Waals surface area contributed by atoms with Crippen LogP contribution in [0.15, 0.2) is 42.7 Å². The second-order valence-electron chi connectivity index (χ2n) is 7.09. The molecule has 4 rings (SSSR count). The number of carbonyl (C=O) groups is 1. The van der Waals surface area contributed by atoms with E-state index in [1.54, 1.807) is 0 Å².